The zero-order valence-corrected chi connectivity index (χ0v) is 13.4. The smallest absolute Gasteiger partial charge is 0.266 e. The Bertz CT molecular complexity index is 578. The highest BCUT2D eigenvalue weighted by atomic mass is 79.9. The number of hydrogen-bond acceptors (Lipinski definition) is 3. The number of rotatable bonds is 2. The molecule has 0 fully saturated rings. The third-order valence-corrected chi connectivity index (χ3v) is 5.74. The van der Waals surface area contributed by atoms with Crippen LogP contribution < -0.4 is 5.56 Å². The van der Waals surface area contributed by atoms with Gasteiger partial charge in [-0.15, -0.1) is 11.3 Å². The van der Waals surface area contributed by atoms with Crippen molar-refractivity contribution in [1.29, 1.82) is 0 Å². The first-order chi connectivity index (χ1) is 7.59. The molecule has 7 heteroatoms. The van der Waals surface area contributed by atoms with E-state index in [-0.39, 0.29) is 5.56 Å². The fourth-order valence-corrected chi connectivity index (χ4v) is 3.16. The fraction of sp³-hybridized carbons (Fsp3) is 0.111. The van der Waals surface area contributed by atoms with E-state index in [9.17, 15) is 4.79 Å². The van der Waals surface area contributed by atoms with Crippen LogP contribution in [0.5, 0.6) is 0 Å². The summed E-state index contributed by atoms with van der Waals surface area (Å²) in [5.41, 5.74) is -0.144. The minimum atomic E-state index is -0.144. The molecule has 0 saturated heterocycles. The van der Waals surface area contributed by atoms with Gasteiger partial charge in [0.05, 0.1) is 17.2 Å². The lowest BCUT2D eigenvalue weighted by atomic mass is 10.4. The van der Waals surface area contributed by atoms with Crippen LogP contribution in [0.1, 0.15) is 4.88 Å². The van der Waals surface area contributed by atoms with E-state index in [1.165, 1.54) is 4.68 Å². The van der Waals surface area contributed by atoms with Gasteiger partial charge in [-0.05, 0) is 59.2 Å². The van der Waals surface area contributed by atoms with Gasteiger partial charge >= 0.3 is 0 Å². The Morgan fingerprint density at radius 1 is 1.31 bits per heavy atom. The van der Waals surface area contributed by atoms with Crippen LogP contribution in [-0.4, -0.2) is 9.78 Å². The quantitative estimate of drug-likeness (QED) is 0.732. The Kier molecular flexibility index (Phi) is 3.99. The summed E-state index contributed by atoms with van der Waals surface area (Å²) >= 11 is 11.5. The van der Waals surface area contributed by atoms with Crippen LogP contribution in [0, 0.1) is 0 Å². The molecule has 0 spiro atoms. The van der Waals surface area contributed by atoms with Gasteiger partial charge in [-0.3, -0.25) is 4.79 Å². The lowest BCUT2D eigenvalue weighted by Gasteiger charge is -2.04. The largest absolute Gasteiger partial charge is 0.282 e. The number of hydrogen-bond donors (Lipinski definition) is 0. The third-order valence-electron chi connectivity index (χ3n) is 1.93. The number of halogens is 3. The molecule has 2 aromatic rings. The molecule has 2 heterocycles. The molecule has 16 heavy (non-hydrogen) atoms. The fourth-order valence-electron chi connectivity index (χ4n) is 1.13. The van der Waals surface area contributed by atoms with Crippen molar-refractivity contribution in [3.63, 3.8) is 0 Å². The first kappa shape index (κ1) is 12.5. The molecule has 0 aliphatic heterocycles. The Morgan fingerprint density at radius 3 is 2.69 bits per heavy atom. The summed E-state index contributed by atoms with van der Waals surface area (Å²) in [6.07, 6.45) is 1.60. The minimum Gasteiger partial charge on any atom is -0.266 e. The van der Waals surface area contributed by atoms with Gasteiger partial charge in [-0.1, -0.05) is 0 Å². The Labute approximate surface area is 121 Å². The number of thiophene rings is 1. The predicted octanol–water partition coefficient (Wildman–Crippen LogP) is 3.64. The average molecular weight is 429 g/mol. The first-order valence-electron chi connectivity index (χ1n) is 4.22. The van der Waals surface area contributed by atoms with Crippen LogP contribution in [0.2, 0.25) is 0 Å². The topological polar surface area (TPSA) is 34.9 Å². The molecule has 3 nitrogen and oxygen atoms in total. The van der Waals surface area contributed by atoms with Crippen molar-refractivity contribution in [2.45, 2.75) is 6.54 Å². The van der Waals surface area contributed by atoms with Gasteiger partial charge < -0.3 is 0 Å². The van der Waals surface area contributed by atoms with Crippen LogP contribution in [0.25, 0.3) is 0 Å². The molecule has 2 rings (SSSR count). The molecule has 0 amide bonds. The Morgan fingerprint density at radius 2 is 2.06 bits per heavy atom. The van der Waals surface area contributed by atoms with Gasteiger partial charge in [-0.25, -0.2) is 4.68 Å². The zero-order valence-electron chi connectivity index (χ0n) is 7.78. The highest BCUT2D eigenvalue weighted by Crippen LogP contribution is 2.23. The lowest BCUT2D eigenvalue weighted by Crippen LogP contribution is -2.23. The van der Waals surface area contributed by atoms with E-state index in [4.69, 9.17) is 0 Å². The Hall–Kier alpha value is 0.0200. The van der Waals surface area contributed by atoms with Crippen LogP contribution in [0.4, 0.5) is 0 Å². The lowest BCUT2D eigenvalue weighted by molar-refractivity contribution is 0.638. The van der Waals surface area contributed by atoms with E-state index >= 15 is 0 Å². The standard InChI is InChI=1S/C9H5Br3N2OS/c10-5-1-2-16-7(5)4-14-9(15)8(12)6(11)3-13-14/h1-3H,4H2. The van der Waals surface area contributed by atoms with Crippen molar-refractivity contribution in [2.24, 2.45) is 0 Å². The molecule has 0 N–H and O–H groups in total. The molecule has 0 aromatic carbocycles. The summed E-state index contributed by atoms with van der Waals surface area (Å²) in [6.45, 7) is 0.475. The molecular weight excluding hydrogens is 424 g/mol. The first-order valence-corrected chi connectivity index (χ1v) is 7.48. The number of aromatic nitrogens is 2. The molecule has 0 aliphatic carbocycles. The summed E-state index contributed by atoms with van der Waals surface area (Å²) in [4.78, 5) is 12.9. The van der Waals surface area contributed by atoms with Crippen LogP contribution >= 0.6 is 59.1 Å². The highest BCUT2D eigenvalue weighted by molar-refractivity contribution is 9.13. The van der Waals surface area contributed by atoms with Gasteiger partial charge in [0, 0.05) is 9.35 Å². The predicted molar refractivity (Wildman–Crippen MR) is 75.0 cm³/mol. The van der Waals surface area contributed by atoms with Crippen molar-refractivity contribution in [2.75, 3.05) is 0 Å². The van der Waals surface area contributed by atoms with E-state index in [1.54, 1.807) is 17.5 Å². The molecular formula is C9H5Br3N2OS. The van der Waals surface area contributed by atoms with Gasteiger partial charge in [0.25, 0.3) is 5.56 Å². The highest BCUT2D eigenvalue weighted by Gasteiger charge is 2.09. The van der Waals surface area contributed by atoms with Gasteiger partial charge in [0.2, 0.25) is 0 Å². The zero-order chi connectivity index (χ0) is 11.7. The number of nitrogens with zero attached hydrogens (tertiary/aromatic N) is 2. The summed E-state index contributed by atoms with van der Waals surface area (Å²) in [5, 5.41) is 6.04. The molecule has 84 valence electrons. The molecule has 0 saturated carbocycles. The van der Waals surface area contributed by atoms with Crippen molar-refractivity contribution in [3.05, 3.63) is 46.3 Å². The monoisotopic (exact) mass is 426 g/mol. The van der Waals surface area contributed by atoms with Crippen LogP contribution in [0.15, 0.2) is 35.9 Å². The van der Waals surface area contributed by atoms with E-state index in [0.29, 0.717) is 15.5 Å². The normalized spacial score (nSPS) is 10.7. The van der Waals surface area contributed by atoms with E-state index in [0.717, 1.165) is 9.35 Å². The second-order valence-corrected chi connectivity index (χ2v) is 6.46. The van der Waals surface area contributed by atoms with Gasteiger partial charge in [0.15, 0.2) is 0 Å². The van der Waals surface area contributed by atoms with E-state index in [1.807, 2.05) is 11.4 Å². The summed E-state index contributed by atoms with van der Waals surface area (Å²) in [6, 6.07) is 1.96. The summed E-state index contributed by atoms with van der Waals surface area (Å²) < 4.78 is 3.59. The summed E-state index contributed by atoms with van der Waals surface area (Å²) in [7, 11) is 0. The maximum absolute atomic E-state index is 11.8. The van der Waals surface area contributed by atoms with Crippen molar-refractivity contribution >= 4 is 59.1 Å². The maximum atomic E-state index is 11.8. The average Bonchev–Trinajstić information content (AvgIpc) is 2.65. The van der Waals surface area contributed by atoms with Crippen LogP contribution in [0.3, 0.4) is 0 Å². The van der Waals surface area contributed by atoms with Crippen molar-refractivity contribution in [1.82, 2.24) is 9.78 Å². The molecule has 0 bridgehead atoms. The molecule has 2 aromatic heterocycles. The SMILES string of the molecule is O=c1c(Br)c(Br)cnn1Cc1sccc1Br. The van der Waals surface area contributed by atoms with Crippen molar-refractivity contribution in [3.8, 4) is 0 Å². The van der Waals surface area contributed by atoms with Crippen molar-refractivity contribution < 1.29 is 0 Å². The second-order valence-electron chi connectivity index (χ2n) is 2.96. The summed E-state index contributed by atoms with van der Waals surface area (Å²) in [5.74, 6) is 0. The van der Waals surface area contributed by atoms with E-state index < -0.39 is 0 Å². The van der Waals surface area contributed by atoms with Gasteiger partial charge in [-0.2, -0.15) is 5.10 Å². The van der Waals surface area contributed by atoms with Gasteiger partial charge in [0.1, 0.15) is 4.47 Å². The van der Waals surface area contributed by atoms with Crippen LogP contribution in [-0.2, 0) is 6.54 Å². The minimum absolute atomic E-state index is 0.144. The molecule has 0 radical (unpaired) electrons. The molecule has 0 atom stereocenters. The Balaban J connectivity index is 2.40. The second kappa shape index (κ2) is 5.12. The molecule has 0 unspecified atom stereocenters. The third kappa shape index (κ3) is 2.47. The van der Waals surface area contributed by atoms with E-state index in [2.05, 4.69) is 52.9 Å². The maximum Gasteiger partial charge on any atom is 0.282 e. The molecule has 0 aliphatic rings.